The van der Waals surface area contributed by atoms with Crippen molar-refractivity contribution in [3.05, 3.63) is 120 Å². The monoisotopic (exact) mass is 468 g/mol. The summed E-state index contributed by atoms with van der Waals surface area (Å²) in [4.78, 5) is 5.01. The van der Waals surface area contributed by atoms with Gasteiger partial charge in [0.1, 0.15) is 5.52 Å². The number of fused-ring (bicyclic) bond motifs is 2. The van der Waals surface area contributed by atoms with Crippen LogP contribution in [-0.4, -0.2) is 20.7 Å². The van der Waals surface area contributed by atoms with E-state index in [0.717, 1.165) is 53.0 Å². The van der Waals surface area contributed by atoms with Crippen molar-refractivity contribution in [3.63, 3.8) is 0 Å². The van der Waals surface area contributed by atoms with E-state index in [9.17, 15) is 0 Å². The second-order valence-electron chi connectivity index (χ2n) is 9.40. The summed E-state index contributed by atoms with van der Waals surface area (Å²) in [5.41, 5.74) is 10.9. The molecule has 0 amide bonds. The molecule has 1 unspecified atom stereocenters. The number of para-hydroxylation sites is 1. The average molecular weight is 469 g/mol. The highest BCUT2D eigenvalue weighted by Crippen LogP contribution is 2.37. The van der Waals surface area contributed by atoms with Crippen molar-refractivity contribution in [1.82, 2.24) is 15.0 Å². The van der Waals surface area contributed by atoms with Gasteiger partial charge in [0, 0.05) is 11.6 Å². The van der Waals surface area contributed by atoms with E-state index in [-0.39, 0.29) is 5.92 Å². The third-order valence-electron chi connectivity index (χ3n) is 7.13. The summed E-state index contributed by atoms with van der Waals surface area (Å²) in [5.74, 6) is 0.138. The van der Waals surface area contributed by atoms with Crippen molar-refractivity contribution in [2.24, 2.45) is 4.99 Å². The molecular weight excluding hydrogens is 440 g/mol. The summed E-state index contributed by atoms with van der Waals surface area (Å²) in [5, 5.41) is 8.88. The molecule has 4 nitrogen and oxygen atoms in total. The van der Waals surface area contributed by atoms with Crippen LogP contribution in [0.5, 0.6) is 0 Å². The van der Waals surface area contributed by atoms with Crippen LogP contribution in [0, 0.1) is 0 Å². The minimum absolute atomic E-state index is 0.138. The van der Waals surface area contributed by atoms with Crippen LogP contribution in [0.15, 0.2) is 103 Å². The van der Waals surface area contributed by atoms with Crippen LogP contribution in [0.3, 0.4) is 0 Å². The lowest BCUT2D eigenvalue weighted by Crippen LogP contribution is -2.16. The Hall–Kier alpha value is -4.31. The Balaban J connectivity index is 1.33. The van der Waals surface area contributed by atoms with E-state index in [1.54, 1.807) is 0 Å². The Morgan fingerprint density at radius 3 is 2.69 bits per heavy atom. The minimum atomic E-state index is 0.138. The summed E-state index contributed by atoms with van der Waals surface area (Å²) in [6.07, 6.45) is 14.1. The second kappa shape index (κ2) is 9.38. The molecule has 4 aromatic rings. The fraction of sp³-hybridized carbons (Fsp3) is 0.156. The fourth-order valence-electron chi connectivity index (χ4n) is 5.23. The van der Waals surface area contributed by atoms with Gasteiger partial charge in [0.25, 0.3) is 0 Å². The van der Waals surface area contributed by atoms with Crippen LogP contribution in [0.1, 0.15) is 54.4 Å². The number of nitrogens with zero attached hydrogens (tertiary/aromatic N) is 4. The topological polar surface area (TPSA) is 43.1 Å². The Bertz CT molecular complexity index is 1580. The molecule has 1 heterocycles. The molecule has 0 spiro atoms. The first-order valence-electron chi connectivity index (χ1n) is 12.5. The standard InChI is InChI=1S/C32H28N4/c1-22(24-18-20-26(21-19-24)25-10-4-3-5-11-25)33-23(2)28-14-8-12-27-13-9-17-31(32(27)28)36-30-16-7-6-15-29(30)34-35-36/h3-4,6-10,12-13,15-21,28H,1,5,11,14H2,2H3. The van der Waals surface area contributed by atoms with Gasteiger partial charge in [-0.3, -0.25) is 4.99 Å². The molecular formula is C32H28N4. The Morgan fingerprint density at radius 1 is 1.00 bits per heavy atom. The van der Waals surface area contributed by atoms with Crippen molar-refractivity contribution in [2.75, 3.05) is 0 Å². The zero-order valence-corrected chi connectivity index (χ0v) is 20.4. The molecule has 0 saturated heterocycles. The smallest absolute Gasteiger partial charge is 0.113 e. The summed E-state index contributed by atoms with van der Waals surface area (Å²) in [6, 6.07) is 23.1. The highest BCUT2D eigenvalue weighted by Gasteiger charge is 2.25. The molecule has 1 atom stereocenters. The highest BCUT2D eigenvalue weighted by molar-refractivity contribution is 5.95. The maximum absolute atomic E-state index is 5.01. The first kappa shape index (κ1) is 22.2. The SMILES string of the molecule is C=C(N=C(C)C1CC=Cc2cccc(-n3nnc4ccccc43)c21)c1ccc(C2=CC=CCC2)cc1. The summed E-state index contributed by atoms with van der Waals surface area (Å²) < 4.78 is 1.95. The Kier molecular flexibility index (Phi) is 5.78. The molecule has 2 aliphatic rings. The Labute approximate surface area is 211 Å². The van der Waals surface area contributed by atoms with Crippen LogP contribution in [0.25, 0.3) is 34.1 Å². The van der Waals surface area contributed by atoms with E-state index in [0.29, 0.717) is 0 Å². The third kappa shape index (κ3) is 4.05. The van der Waals surface area contributed by atoms with Gasteiger partial charge < -0.3 is 0 Å². The highest BCUT2D eigenvalue weighted by atomic mass is 15.4. The first-order chi connectivity index (χ1) is 17.7. The molecule has 1 aromatic heterocycles. The molecule has 6 rings (SSSR count). The number of rotatable bonds is 5. The van der Waals surface area contributed by atoms with E-state index in [1.807, 2.05) is 22.9 Å². The lowest BCUT2D eigenvalue weighted by atomic mass is 9.83. The van der Waals surface area contributed by atoms with E-state index >= 15 is 0 Å². The van der Waals surface area contributed by atoms with E-state index < -0.39 is 0 Å². The van der Waals surface area contributed by atoms with Crippen molar-refractivity contribution in [1.29, 1.82) is 0 Å². The molecule has 4 heteroatoms. The van der Waals surface area contributed by atoms with Gasteiger partial charge in [0.15, 0.2) is 0 Å². The van der Waals surface area contributed by atoms with E-state index in [2.05, 4.69) is 103 Å². The number of aromatic nitrogens is 3. The van der Waals surface area contributed by atoms with Gasteiger partial charge in [0.2, 0.25) is 0 Å². The average Bonchev–Trinajstić information content (AvgIpc) is 3.37. The van der Waals surface area contributed by atoms with Gasteiger partial charge in [-0.15, -0.1) is 5.10 Å². The zero-order chi connectivity index (χ0) is 24.5. The first-order valence-corrected chi connectivity index (χ1v) is 12.5. The second-order valence-corrected chi connectivity index (χ2v) is 9.40. The molecule has 0 aliphatic heterocycles. The number of allylic oxidation sites excluding steroid dienone is 5. The lowest BCUT2D eigenvalue weighted by molar-refractivity contribution is 0.793. The van der Waals surface area contributed by atoms with Crippen molar-refractivity contribution >= 4 is 34.1 Å². The molecule has 176 valence electrons. The van der Waals surface area contributed by atoms with Gasteiger partial charge in [0.05, 0.1) is 16.9 Å². The van der Waals surface area contributed by atoms with Gasteiger partial charge in [-0.2, -0.15) is 0 Å². The van der Waals surface area contributed by atoms with Crippen LogP contribution in [0.2, 0.25) is 0 Å². The predicted molar refractivity (Wildman–Crippen MR) is 150 cm³/mol. The number of hydrogen-bond donors (Lipinski definition) is 0. The molecule has 0 saturated carbocycles. The maximum Gasteiger partial charge on any atom is 0.113 e. The molecule has 3 aromatic carbocycles. The summed E-state index contributed by atoms with van der Waals surface area (Å²) in [7, 11) is 0. The molecule has 0 fully saturated rings. The minimum Gasteiger partial charge on any atom is -0.257 e. The summed E-state index contributed by atoms with van der Waals surface area (Å²) >= 11 is 0. The van der Waals surface area contributed by atoms with Crippen molar-refractivity contribution in [2.45, 2.75) is 32.1 Å². The molecule has 0 N–H and O–H groups in total. The Morgan fingerprint density at radius 2 is 1.86 bits per heavy atom. The van der Waals surface area contributed by atoms with Gasteiger partial charge in [-0.1, -0.05) is 90.7 Å². The number of hydrogen-bond acceptors (Lipinski definition) is 3. The maximum atomic E-state index is 5.01. The molecule has 2 aliphatic carbocycles. The number of aliphatic imine (C=N–C) groups is 1. The van der Waals surface area contributed by atoms with Gasteiger partial charge >= 0.3 is 0 Å². The van der Waals surface area contributed by atoms with Crippen molar-refractivity contribution in [3.8, 4) is 5.69 Å². The van der Waals surface area contributed by atoms with Crippen LogP contribution < -0.4 is 0 Å². The molecule has 0 radical (unpaired) electrons. The third-order valence-corrected chi connectivity index (χ3v) is 7.13. The molecule has 0 bridgehead atoms. The summed E-state index contributed by atoms with van der Waals surface area (Å²) in [6.45, 7) is 6.43. The zero-order valence-electron chi connectivity index (χ0n) is 20.4. The fourth-order valence-corrected chi connectivity index (χ4v) is 5.23. The lowest BCUT2D eigenvalue weighted by Gasteiger charge is -2.25. The van der Waals surface area contributed by atoms with Crippen molar-refractivity contribution < 1.29 is 0 Å². The largest absolute Gasteiger partial charge is 0.257 e. The predicted octanol–water partition coefficient (Wildman–Crippen LogP) is 7.79. The quantitative estimate of drug-likeness (QED) is 0.281. The van der Waals surface area contributed by atoms with E-state index in [4.69, 9.17) is 4.99 Å². The van der Waals surface area contributed by atoms with Crippen LogP contribution >= 0.6 is 0 Å². The van der Waals surface area contributed by atoms with Crippen LogP contribution in [-0.2, 0) is 0 Å². The van der Waals surface area contributed by atoms with Gasteiger partial charge in [-0.25, -0.2) is 4.68 Å². The van der Waals surface area contributed by atoms with Crippen LogP contribution in [0.4, 0.5) is 0 Å². The van der Waals surface area contributed by atoms with Gasteiger partial charge in [-0.05, 0) is 72.2 Å². The molecule has 36 heavy (non-hydrogen) atoms. The normalized spacial score (nSPS) is 17.2. The van der Waals surface area contributed by atoms with E-state index in [1.165, 1.54) is 22.3 Å². The number of benzene rings is 3.